The van der Waals surface area contributed by atoms with E-state index in [1.165, 1.54) is 16.2 Å². The molecule has 0 aliphatic heterocycles. The van der Waals surface area contributed by atoms with Crippen LogP contribution >= 0.6 is 11.3 Å². The van der Waals surface area contributed by atoms with Gasteiger partial charge in [-0.3, -0.25) is 4.79 Å². The Balaban J connectivity index is 2.32. The van der Waals surface area contributed by atoms with E-state index in [9.17, 15) is 9.59 Å². The quantitative estimate of drug-likeness (QED) is 0.573. The summed E-state index contributed by atoms with van der Waals surface area (Å²) in [5.74, 6) is 0.169. The van der Waals surface area contributed by atoms with Gasteiger partial charge in [0.1, 0.15) is 5.00 Å². The lowest BCUT2D eigenvalue weighted by Gasteiger charge is -2.33. The van der Waals surface area contributed by atoms with Gasteiger partial charge in [-0.05, 0) is 49.5 Å². The van der Waals surface area contributed by atoms with Gasteiger partial charge in [0, 0.05) is 11.3 Å². The van der Waals surface area contributed by atoms with Crippen LogP contribution in [-0.2, 0) is 22.4 Å². The van der Waals surface area contributed by atoms with Crippen molar-refractivity contribution in [2.45, 2.75) is 59.8 Å². The first kappa shape index (κ1) is 19.7. The molecule has 1 unspecified atom stereocenters. The van der Waals surface area contributed by atoms with Crippen molar-refractivity contribution in [2.75, 3.05) is 11.9 Å². The van der Waals surface area contributed by atoms with E-state index in [2.05, 4.69) is 32.7 Å². The van der Waals surface area contributed by atoms with Crippen molar-refractivity contribution in [2.24, 2.45) is 11.3 Å². The minimum atomic E-state index is -0.326. The van der Waals surface area contributed by atoms with Gasteiger partial charge >= 0.3 is 5.97 Å². The molecule has 1 aromatic heterocycles. The van der Waals surface area contributed by atoms with E-state index in [1.54, 1.807) is 13.0 Å². The molecule has 0 saturated heterocycles. The molecule has 1 amide bonds. The highest BCUT2D eigenvalue weighted by Gasteiger charge is 2.34. The molecule has 1 atom stereocenters. The number of fused-ring (bicyclic) bond motifs is 1. The maximum Gasteiger partial charge on any atom is 0.341 e. The van der Waals surface area contributed by atoms with Crippen LogP contribution in [-0.4, -0.2) is 18.5 Å². The first-order chi connectivity index (χ1) is 11.8. The fourth-order valence-corrected chi connectivity index (χ4v) is 4.59. The molecular formula is C20H29NO3S. The average molecular weight is 364 g/mol. The molecule has 1 aliphatic carbocycles. The zero-order valence-electron chi connectivity index (χ0n) is 15.7. The Morgan fingerprint density at radius 2 is 2.12 bits per heavy atom. The third-order valence-electron chi connectivity index (χ3n) is 4.80. The molecule has 0 aromatic carbocycles. The number of hydrogen-bond acceptors (Lipinski definition) is 4. The summed E-state index contributed by atoms with van der Waals surface area (Å²) < 4.78 is 5.25. The lowest BCUT2D eigenvalue weighted by molar-refractivity contribution is -0.116. The smallest absolute Gasteiger partial charge is 0.341 e. The van der Waals surface area contributed by atoms with Crippen molar-refractivity contribution in [3.63, 3.8) is 0 Å². The van der Waals surface area contributed by atoms with Gasteiger partial charge in [-0.1, -0.05) is 26.8 Å². The van der Waals surface area contributed by atoms with Crippen molar-refractivity contribution in [3.8, 4) is 0 Å². The molecule has 1 aliphatic rings. The van der Waals surface area contributed by atoms with Crippen molar-refractivity contribution in [3.05, 3.63) is 28.7 Å². The molecule has 1 N–H and O–H groups in total. The third kappa shape index (κ3) is 4.72. The Labute approximate surface area is 154 Å². The van der Waals surface area contributed by atoms with E-state index in [1.807, 2.05) is 0 Å². The van der Waals surface area contributed by atoms with Crippen LogP contribution in [0.4, 0.5) is 5.00 Å². The Hall–Kier alpha value is -1.62. The summed E-state index contributed by atoms with van der Waals surface area (Å²) in [6.45, 7) is 12.6. The predicted octanol–water partition coefficient (Wildman–Crippen LogP) is 4.98. The standard InChI is InChI=1S/C20H29NO3S/c1-6-8-9-16(22)21-18-17(19(23)24-7-2)14-11-10-13(20(3,4)5)12-15(14)25-18/h6,13H,1,7-12H2,2-5H3,(H,21,22). The van der Waals surface area contributed by atoms with Crippen LogP contribution in [0.1, 0.15) is 67.8 Å². The van der Waals surface area contributed by atoms with E-state index < -0.39 is 0 Å². The van der Waals surface area contributed by atoms with Crippen LogP contribution in [0.25, 0.3) is 0 Å². The molecule has 0 radical (unpaired) electrons. The monoisotopic (exact) mass is 363 g/mol. The van der Waals surface area contributed by atoms with Crippen LogP contribution < -0.4 is 5.32 Å². The van der Waals surface area contributed by atoms with Crippen LogP contribution in [0.5, 0.6) is 0 Å². The topological polar surface area (TPSA) is 55.4 Å². The number of ether oxygens (including phenoxy) is 1. The van der Waals surface area contributed by atoms with Crippen LogP contribution in [0.3, 0.4) is 0 Å². The molecule has 0 saturated carbocycles. The van der Waals surface area contributed by atoms with Gasteiger partial charge in [-0.2, -0.15) is 0 Å². The lowest BCUT2D eigenvalue weighted by atomic mass is 9.72. The largest absolute Gasteiger partial charge is 0.462 e. The molecule has 2 rings (SSSR count). The van der Waals surface area contributed by atoms with E-state index in [4.69, 9.17) is 4.74 Å². The van der Waals surface area contributed by atoms with Gasteiger partial charge in [-0.15, -0.1) is 17.9 Å². The van der Waals surface area contributed by atoms with Crippen LogP contribution in [0.15, 0.2) is 12.7 Å². The van der Waals surface area contributed by atoms with E-state index >= 15 is 0 Å². The molecule has 0 spiro atoms. The van der Waals surface area contributed by atoms with Crippen molar-refractivity contribution in [1.29, 1.82) is 0 Å². The second kappa shape index (κ2) is 8.17. The van der Waals surface area contributed by atoms with Crippen molar-refractivity contribution >= 4 is 28.2 Å². The number of carbonyl (C=O) groups excluding carboxylic acids is 2. The lowest BCUT2D eigenvalue weighted by Crippen LogP contribution is -2.26. The van der Waals surface area contributed by atoms with Gasteiger partial charge in [0.2, 0.25) is 5.91 Å². The zero-order chi connectivity index (χ0) is 18.6. The number of thiophene rings is 1. The number of nitrogens with one attached hydrogen (secondary N) is 1. The Kier molecular flexibility index (Phi) is 6.44. The highest BCUT2D eigenvalue weighted by molar-refractivity contribution is 7.17. The Morgan fingerprint density at radius 1 is 1.40 bits per heavy atom. The molecule has 0 fully saturated rings. The Bertz CT molecular complexity index is 655. The van der Waals surface area contributed by atoms with Gasteiger partial charge in [0.25, 0.3) is 0 Å². The van der Waals surface area contributed by atoms with Crippen LogP contribution in [0, 0.1) is 11.3 Å². The number of amides is 1. The molecule has 1 aromatic rings. The first-order valence-electron chi connectivity index (χ1n) is 9.00. The molecule has 0 bridgehead atoms. The minimum Gasteiger partial charge on any atom is -0.462 e. The fraction of sp³-hybridized carbons (Fsp3) is 0.600. The number of esters is 1. The molecule has 138 valence electrons. The third-order valence-corrected chi connectivity index (χ3v) is 5.97. The summed E-state index contributed by atoms with van der Waals surface area (Å²) in [7, 11) is 0. The van der Waals surface area contributed by atoms with Gasteiger partial charge in [0.05, 0.1) is 12.2 Å². The van der Waals surface area contributed by atoms with Crippen LogP contribution in [0.2, 0.25) is 0 Å². The highest BCUT2D eigenvalue weighted by Crippen LogP contribution is 2.44. The molecular weight excluding hydrogens is 334 g/mol. The summed E-state index contributed by atoms with van der Waals surface area (Å²) in [5.41, 5.74) is 1.88. The summed E-state index contributed by atoms with van der Waals surface area (Å²) in [6, 6.07) is 0. The first-order valence-corrected chi connectivity index (χ1v) is 9.82. The number of hydrogen-bond donors (Lipinski definition) is 1. The number of allylic oxidation sites excluding steroid dienone is 1. The second-order valence-corrected chi connectivity index (χ2v) is 8.71. The van der Waals surface area contributed by atoms with Crippen molar-refractivity contribution in [1.82, 2.24) is 0 Å². The predicted molar refractivity (Wildman–Crippen MR) is 103 cm³/mol. The van der Waals surface area contributed by atoms with E-state index in [0.29, 0.717) is 35.9 Å². The second-order valence-electron chi connectivity index (χ2n) is 7.61. The molecule has 25 heavy (non-hydrogen) atoms. The van der Waals surface area contributed by atoms with E-state index in [-0.39, 0.29) is 17.3 Å². The highest BCUT2D eigenvalue weighted by atomic mass is 32.1. The summed E-state index contributed by atoms with van der Waals surface area (Å²) >= 11 is 1.54. The maximum absolute atomic E-state index is 12.5. The average Bonchev–Trinajstić information content (AvgIpc) is 2.89. The SMILES string of the molecule is C=CCCC(=O)Nc1sc2c(c1C(=O)OCC)CCC(C(C)(C)C)C2. The maximum atomic E-state index is 12.5. The Morgan fingerprint density at radius 3 is 2.72 bits per heavy atom. The summed E-state index contributed by atoms with van der Waals surface area (Å²) in [5, 5.41) is 3.57. The fourth-order valence-electron chi connectivity index (χ4n) is 3.25. The number of carbonyl (C=O) groups is 2. The van der Waals surface area contributed by atoms with Gasteiger partial charge in [-0.25, -0.2) is 4.79 Å². The normalized spacial score (nSPS) is 16.9. The number of anilines is 1. The molecule has 1 heterocycles. The van der Waals surface area contributed by atoms with E-state index in [0.717, 1.165) is 24.8 Å². The molecule has 5 heteroatoms. The summed E-state index contributed by atoms with van der Waals surface area (Å²) in [4.78, 5) is 25.8. The summed E-state index contributed by atoms with van der Waals surface area (Å²) in [6.07, 6.45) is 5.60. The zero-order valence-corrected chi connectivity index (χ0v) is 16.6. The van der Waals surface area contributed by atoms with Crippen molar-refractivity contribution < 1.29 is 14.3 Å². The van der Waals surface area contributed by atoms with Gasteiger partial charge < -0.3 is 10.1 Å². The van der Waals surface area contributed by atoms with Gasteiger partial charge in [0.15, 0.2) is 0 Å². The molecule has 4 nitrogen and oxygen atoms in total. The minimum absolute atomic E-state index is 0.0867. The number of rotatable bonds is 6.